The lowest BCUT2D eigenvalue weighted by molar-refractivity contribution is -0.121. The van der Waals surface area contributed by atoms with Crippen molar-refractivity contribution in [1.82, 2.24) is 5.32 Å². The van der Waals surface area contributed by atoms with Crippen molar-refractivity contribution in [3.05, 3.63) is 21.3 Å². The van der Waals surface area contributed by atoms with E-state index in [1.54, 1.807) is 6.92 Å². The summed E-state index contributed by atoms with van der Waals surface area (Å²) in [7, 11) is -3.01. The van der Waals surface area contributed by atoms with Crippen molar-refractivity contribution in [1.29, 1.82) is 0 Å². The first-order valence-electron chi connectivity index (χ1n) is 6.13. The number of carbonyl (C=O) groups excluding carboxylic acids is 1. The highest BCUT2D eigenvalue weighted by atomic mass is 35.5. The molecule has 2 rings (SSSR count). The van der Waals surface area contributed by atoms with E-state index >= 15 is 0 Å². The summed E-state index contributed by atoms with van der Waals surface area (Å²) in [6.45, 7) is 1.66. The van der Waals surface area contributed by atoms with Crippen molar-refractivity contribution in [3.63, 3.8) is 0 Å². The van der Waals surface area contributed by atoms with Gasteiger partial charge in [0.1, 0.15) is 0 Å². The van der Waals surface area contributed by atoms with Crippen LogP contribution in [0.3, 0.4) is 0 Å². The summed E-state index contributed by atoms with van der Waals surface area (Å²) in [5.41, 5.74) is 0. The van der Waals surface area contributed by atoms with Crippen LogP contribution in [0, 0.1) is 0 Å². The second-order valence-corrected chi connectivity index (χ2v) is 9.02. The molecule has 1 fully saturated rings. The molecule has 19 heavy (non-hydrogen) atoms. The third-order valence-electron chi connectivity index (χ3n) is 3.42. The van der Waals surface area contributed by atoms with Gasteiger partial charge in [0.15, 0.2) is 9.84 Å². The Morgan fingerprint density at radius 1 is 1.53 bits per heavy atom. The zero-order valence-electron chi connectivity index (χ0n) is 10.6. The van der Waals surface area contributed by atoms with E-state index in [0.717, 1.165) is 4.88 Å². The quantitative estimate of drug-likeness (QED) is 0.923. The number of hydrogen-bond acceptors (Lipinski definition) is 4. The Balaban J connectivity index is 1.82. The van der Waals surface area contributed by atoms with Gasteiger partial charge < -0.3 is 5.32 Å². The van der Waals surface area contributed by atoms with Crippen LogP contribution in [0.15, 0.2) is 12.1 Å². The maximum Gasteiger partial charge on any atom is 0.220 e. The summed E-state index contributed by atoms with van der Waals surface area (Å²) in [4.78, 5) is 12.9. The van der Waals surface area contributed by atoms with E-state index in [2.05, 4.69) is 5.32 Å². The fraction of sp³-hybridized carbons (Fsp3) is 0.583. The molecule has 7 heteroatoms. The van der Waals surface area contributed by atoms with Gasteiger partial charge in [-0.3, -0.25) is 4.79 Å². The summed E-state index contributed by atoms with van der Waals surface area (Å²) in [6.07, 6.45) is 1.51. The van der Waals surface area contributed by atoms with Gasteiger partial charge in [-0.25, -0.2) is 8.42 Å². The van der Waals surface area contributed by atoms with Gasteiger partial charge in [-0.2, -0.15) is 0 Å². The molecule has 0 unspecified atom stereocenters. The van der Waals surface area contributed by atoms with E-state index in [-0.39, 0.29) is 17.7 Å². The maximum absolute atomic E-state index is 11.8. The molecule has 1 saturated heterocycles. The SMILES string of the molecule is C[C@@H]1[C@H](NC(=O)CCc2ccc(Cl)s2)CCS1(=O)=O. The zero-order chi connectivity index (χ0) is 14.0. The van der Waals surface area contributed by atoms with Gasteiger partial charge in [0.2, 0.25) is 5.91 Å². The van der Waals surface area contributed by atoms with Crippen molar-refractivity contribution in [2.45, 2.75) is 37.5 Å². The average Bonchev–Trinajstić information content (AvgIpc) is 2.86. The largest absolute Gasteiger partial charge is 0.352 e. The molecule has 4 nitrogen and oxygen atoms in total. The van der Waals surface area contributed by atoms with Crippen LogP contribution in [0.4, 0.5) is 0 Å². The van der Waals surface area contributed by atoms with Crippen LogP contribution in [0.1, 0.15) is 24.6 Å². The molecule has 1 aliphatic rings. The molecule has 0 radical (unpaired) electrons. The number of rotatable bonds is 4. The van der Waals surface area contributed by atoms with Crippen LogP contribution < -0.4 is 5.32 Å². The summed E-state index contributed by atoms with van der Waals surface area (Å²) >= 11 is 7.28. The van der Waals surface area contributed by atoms with Gasteiger partial charge in [0, 0.05) is 17.3 Å². The predicted molar refractivity (Wildman–Crippen MR) is 77.4 cm³/mol. The number of halogens is 1. The topological polar surface area (TPSA) is 63.2 Å². The summed E-state index contributed by atoms with van der Waals surface area (Å²) in [5.74, 6) is 0.0677. The fourth-order valence-electron chi connectivity index (χ4n) is 2.15. The van der Waals surface area contributed by atoms with Gasteiger partial charge in [-0.15, -0.1) is 11.3 Å². The third-order valence-corrected chi connectivity index (χ3v) is 6.98. The van der Waals surface area contributed by atoms with Crippen LogP contribution >= 0.6 is 22.9 Å². The molecule has 0 saturated carbocycles. The molecule has 2 heterocycles. The molecule has 0 aliphatic carbocycles. The number of nitrogens with one attached hydrogen (secondary N) is 1. The lowest BCUT2D eigenvalue weighted by atomic mass is 10.1. The molecule has 0 spiro atoms. The van der Waals surface area contributed by atoms with Crippen molar-refractivity contribution in [2.24, 2.45) is 0 Å². The van der Waals surface area contributed by atoms with Crippen molar-refractivity contribution in [2.75, 3.05) is 5.75 Å². The second-order valence-electron chi connectivity index (χ2n) is 4.74. The van der Waals surface area contributed by atoms with Crippen molar-refractivity contribution in [3.8, 4) is 0 Å². The summed E-state index contributed by atoms with van der Waals surface area (Å²) < 4.78 is 23.9. The number of carbonyl (C=O) groups is 1. The number of thiophene rings is 1. The number of aryl methyl sites for hydroxylation is 1. The van der Waals surface area contributed by atoms with Gasteiger partial charge in [-0.1, -0.05) is 11.6 Å². The van der Waals surface area contributed by atoms with E-state index in [9.17, 15) is 13.2 Å². The van der Waals surface area contributed by atoms with Crippen LogP contribution in [-0.2, 0) is 21.1 Å². The zero-order valence-corrected chi connectivity index (χ0v) is 12.9. The molecule has 0 bridgehead atoms. The van der Waals surface area contributed by atoms with E-state index in [0.29, 0.717) is 23.6 Å². The highest BCUT2D eigenvalue weighted by Gasteiger charge is 2.37. The predicted octanol–water partition coefficient (Wildman–Crippen LogP) is 2.03. The molecule has 1 aromatic rings. The van der Waals surface area contributed by atoms with Crippen LogP contribution in [0.2, 0.25) is 4.34 Å². The lowest BCUT2D eigenvalue weighted by Crippen LogP contribution is -2.40. The molecule has 1 aliphatic heterocycles. The summed E-state index contributed by atoms with van der Waals surface area (Å²) in [5, 5.41) is 2.34. The number of amides is 1. The van der Waals surface area contributed by atoms with Crippen molar-refractivity contribution < 1.29 is 13.2 Å². The smallest absolute Gasteiger partial charge is 0.220 e. The van der Waals surface area contributed by atoms with Crippen molar-refractivity contribution >= 4 is 38.7 Å². The Morgan fingerprint density at radius 3 is 2.79 bits per heavy atom. The Hall–Kier alpha value is -0.590. The first-order chi connectivity index (χ1) is 8.88. The van der Waals surface area contributed by atoms with Crippen LogP contribution in [0.5, 0.6) is 0 Å². The third kappa shape index (κ3) is 3.70. The minimum Gasteiger partial charge on any atom is -0.352 e. The summed E-state index contributed by atoms with van der Waals surface area (Å²) in [6, 6.07) is 3.47. The minimum absolute atomic E-state index is 0.0986. The van der Waals surface area contributed by atoms with Gasteiger partial charge in [-0.05, 0) is 31.9 Å². The maximum atomic E-state index is 11.8. The van der Waals surface area contributed by atoms with E-state index in [1.165, 1.54) is 11.3 Å². The minimum atomic E-state index is -3.01. The monoisotopic (exact) mass is 321 g/mol. The Kier molecular flexibility index (Phi) is 4.53. The first kappa shape index (κ1) is 14.8. The standard InChI is InChI=1S/C12H16ClNO3S2/c1-8-10(6-7-19(8,16)17)14-12(15)5-3-9-2-4-11(13)18-9/h2,4,8,10H,3,5-7H2,1H3,(H,14,15)/t8-,10-/m1/s1. The Morgan fingerprint density at radius 2 is 2.26 bits per heavy atom. The normalized spacial score (nSPS) is 25.4. The van der Waals surface area contributed by atoms with E-state index in [4.69, 9.17) is 11.6 Å². The fourth-order valence-corrected chi connectivity index (χ4v) is 4.90. The van der Waals surface area contributed by atoms with Crippen LogP contribution in [-0.4, -0.2) is 31.4 Å². The van der Waals surface area contributed by atoms with Gasteiger partial charge in [0.05, 0.1) is 15.3 Å². The molecule has 0 aromatic carbocycles. The molecule has 1 aromatic heterocycles. The molecule has 106 valence electrons. The Bertz CT molecular complexity index is 567. The number of hydrogen-bond donors (Lipinski definition) is 1. The van der Waals surface area contributed by atoms with Gasteiger partial charge >= 0.3 is 0 Å². The first-order valence-corrected chi connectivity index (χ1v) is 9.04. The highest BCUT2D eigenvalue weighted by molar-refractivity contribution is 7.92. The molecule has 2 atom stereocenters. The Labute approximate surface area is 122 Å². The number of sulfone groups is 1. The lowest BCUT2D eigenvalue weighted by Gasteiger charge is -2.15. The molecule has 1 amide bonds. The molecular weight excluding hydrogens is 306 g/mol. The van der Waals surface area contributed by atoms with E-state index < -0.39 is 15.1 Å². The van der Waals surface area contributed by atoms with Gasteiger partial charge in [0.25, 0.3) is 0 Å². The highest BCUT2D eigenvalue weighted by Crippen LogP contribution is 2.23. The molecular formula is C12H16ClNO3S2. The van der Waals surface area contributed by atoms with Crippen LogP contribution in [0.25, 0.3) is 0 Å². The van der Waals surface area contributed by atoms with E-state index in [1.807, 2.05) is 12.1 Å². The second kappa shape index (κ2) is 5.81. The average molecular weight is 322 g/mol. The molecule has 1 N–H and O–H groups in total.